The van der Waals surface area contributed by atoms with Gasteiger partial charge in [-0.3, -0.25) is 0 Å². The molecule has 0 radical (unpaired) electrons. The summed E-state index contributed by atoms with van der Waals surface area (Å²) < 4.78 is 6.20. The van der Waals surface area contributed by atoms with Crippen LogP contribution >= 0.6 is 0 Å². The number of para-hydroxylation sites is 1. The Morgan fingerprint density at radius 1 is 0.488 bits per heavy atom. The number of hydrogen-bond donors (Lipinski definition) is 0. The lowest BCUT2D eigenvalue weighted by atomic mass is 9.86. The summed E-state index contributed by atoms with van der Waals surface area (Å²) >= 11 is 0. The highest BCUT2D eigenvalue weighted by Gasteiger charge is 2.19. The maximum atomic E-state index is 6.20. The van der Waals surface area contributed by atoms with Gasteiger partial charge in [0.25, 0.3) is 0 Å². The van der Waals surface area contributed by atoms with Gasteiger partial charge in [-0.05, 0) is 50.9 Å². The molecule has 0 atom stereocenters. The maximum Gasteiger partial charge on any atom is 0.164 e. The van der Waals surface area contributed by atoms with Crippen LogP contribution in [0.15, 0.2) is 108 Å². The normalized spacial score (nSPS) is 12.4. The standard InChI is InChI=1S/C39H35N3O/c1-38(2,3)28-19-16-24(17-20-28)35-40-36(27-15-14-26-23-29(39(4,5)6)21-18-25(26)22-27)42-37(41-35)31-11-9-13-33-34(31)30-10-7-8-12-32(30)43-33/h7-23H,1-6H3. The van der Waals surface area contributed by atoms with Crippen LogP contribution in [0.4, 0.5) is 0 Å². The number of benzene rings is 5. The van der Waals surface area contributed by atoms with Gasteiger partial charge in [-0.2, -0.15) is 0 Å². The fraction of sp³-hybridized carbons (Fsp3) is 0.205. The molecule has 0 N–H and O–H groups in total. The van der Waals surface area contributed by atoms with Gasteiger partial charge in [0.1, 0.15) is 11.2 Å². The molecule has 0 aliphatic rings. The smallest absolute Gasteiger partial charge is 0.164 e. The van der Waals surface area contributed by atoms with Crippen molar-refractivity contribution in [3.63, 3.8) is 0 Å². The summed E-state index contributed by atoms with van der Waals surface area (Å²) in [5.41, 5.74) is 7.23. The van der Waals surface area contributed by atoms with E-state index in [4.69, 9.17) is 19.4 Å². The first-order valence-electron chi connectivity index (χ1n) is 14.9. The lowest BCUT2D eigenvalue weighted by molar-refractivity contribution is 0.590. The van der Waals surface area contributed by atoms with Crippen molar-refractivity contribution in [2.45, 2.75) is 52.4 Å². The molecule has 0 saturated carbocycles. The monoisotopic (exact) mass is 561 g/mol. The van der Waals surface area contributed by atoms with Crippen molar-refractivity contribution in [1.29, 1.82) is 0 Å². The van der Waals surface area contributed by atoms with Crippen LogP contribution in [0.2, 0.25) is 0 Å². The van der Waals surface area contributed by atoms with E-state index >= 15 is 0 Å². The van der Waals surface area contributed by atoms with Gasteiger partial charge in [0.2, 0.25) is 0 Å². The van der Waals surface area contributed by atoms with Crippen molar-refractivity contribution in [2.75, 3.05) is 0 Å². The lowest BCUT2D eigenvalue weighted by Crippen LogP contribution is -2.10. The van der Waals surface area contributed by atoms with E-state index in [9.17, 15) is 0 Å². The van der Waals surface area contributed by atoms with Crippen molar-refractivity contribution >= 4 is 32.7 Å². The molecule has 4 heteroatoms. The molecule has 0 saturated heterocycles. The summed E-state index contributed by atoms with van der Waals surface area (Å²) in [7, 11) is 0. The predicted octanol–water partition coefficient (Wildman–Crippen LogP) is 10.5. The number of furan rings is 1. The first-order valence-corrected chi connectivity index (χ1v) is 14.9. The van der Waals surface area contributed by atoms with Crippen LogP contribution in [0.5, 0.6) is 0 Å². The third kappa shape index (κ3) is 4.97. The number of aromatic nitrogens is 3. The summed E-state index contributed by atoms with van der Waals surface area (Å²) in [4.78, 5) is 15.2. The fourth-order valence-corrected chi connectivity index (χ4v) is 5.69. The highest BCUT2D eigenvalue weighted by atomic mass is 16.3. The molecular formula is C39H35N3O. The van der Waals surface area contributed by atoms with Gasteiger partial charge in [0.05, 0.1) is 0 Å². The SMILES string of the molecule is CC(C)(C)c1ccc(-c2nc(-c3ccc4cc(C(C)(C)C)ccc4c3)nc(-c3cccc4oc5ccccc5c34)n2)cc1. The van der Waals surface area contributed by atoms with Gasteiger partial charge in [0, 0.05) is 27.5 Å². The summed E-state index contributed by atoms with van der Waals surface area (Å²) in [6.45, 7) is 13.4. The summed E-state index contributed by atoms with van der Waals surface area (Å²) in [5, 5.41) is 4.42. The first kappa shape index (κ1) is 27.0. The molecule has 2 heterocycles. The van der Waals surface area contributed by atoms with Gasteiger partial charge < -0.3 is 4.42 Å². The Bertz CT molecular complexity index is 2140. The maximum absolute atomic E-state index is 6.20. The van der Waals surface area contributed by atoms with Crippen molar-refractivity contribution in [3.05, 3.63) is 114 Å². The van der Waals surface area contributed by atoms with Crippen molar-refractivity contribution < 1.29 is 4.42 Å². The molecule has 7 rings (SSSR count). The summed E-state index contributed by atoms with van der Waals surface area (Å²) in [6, 6.07) is 36.0. The van der Waals surface area contributed by atoms with Crippen LogP contribution in [-0.2, 0) is 10.8 Å². The minimum atomic E-state index is 0.0594. The molecule has 0 fully saturated rings. The zero-order valence-electron chi connectivity index (χ0n) is 25.6. The third-order valence-electron chi connectivity index (χ3n) is 8.25. The molecule has 0 spiro atoms. The van der Waals surface area contributed by atoms with Crippen molar-refractivity contribution in [1.82, 2.24) is 15.0 Å². The second-order valence-electron chi connectivity index (χ2n) is 13.4. The van der Waals surface area contributed by atoms with E-state index in [0.717, 1.165) is 44.0 Å². The largest absolute Gasteiger partial charge is 0.456 e. The van der Waals surface area contributed by atoms with Gasteiger partial charge in [-0.1, -0.05) is 126 Å². The second kappa shape index (κ2) is 9.88. The molecule has 0 aliphatic heterocycles. The zero-order valence-corrected chi connectivity index (χ0v) is 25.6. The summed E-state index contributed by atoms with van der Waals surface area (Å²) in [5.74, 6) is 1.92. The van der Waals surface area contributed by atoms with E-state index in [2.05, 4.69) is 114 Å². The minimum Gasteiger partial charge on any atom is -0.456 e. The number of fused-ring (bicyclic) bond motifs is 4. The van der Waals surface area contributed by atoms with Crippen LogP contribution in [0.1, 0.15) is 52.7 Å². The molecule has 5 aromatic carbocycles. The van der Waals surface area contributed by atoms with Gasteiger partial charge in [-0.15, -0.1) is 0 Å². The quantitative estimate of drug-likeness (QED) is 0.215. The molecule has 4 nitrogen and oxygen atoms in total. The molecule has 0 aliphatic carbocycles. The highest BCUT2D eigenvalue weighted by molar-refractivity contribution is 6.11. The molecule has 43 heavy (non-hydrogen) atoms. The Labute approximate surface area is 252 Å². The molecule has 0 amide bonds. The molecular weight excluding hydrogens is 526 g/mol. The lowest BCUT2D eigenvalue weighted by Gasteiger charge is -2.19. The number of rotatable bonds is 3. The summed E-state index contributed by atoms with van der Waals surface area (Å²) in [6.07, 6.45) is 0. The Kier molecular flexibility index (Phi) is 6.21. The average molecular weight is 562 g/mol. The van der Waals surface area contributed by atoms with Crippen molar-refractivity contribution in [3.8, 4) is 34.2 Å². The zero-order chi connectivity index (χ0) is 29.9. The predicted molar refractivity (Wildman–Crippen MR) is 178 cm³/mol. The topological polar surface area (TPSA) is 51.8 Å². The van der Waals surface area contributed by atoms with Crippen LogP contribution in [0.3, 0.4) is 0 Å². The minimum absolute atomic E-state index is 0.0594. The number of nitrogens with zero attached hydrogens (tertiary/aromatic N) is 3. The Morgan fingerprint density at radius 3 is 1.81 bits per heavy atom. The fourth-order valence-electron chi connectivity index (χ4n) is 5.69. The molecule has 0 unspecified atom stereocenters. The Balaban J connectivity index is 1.43. The van der Waals surface area contributed by atoms with E-state index in [0.29, 0.717) is 17.5 Å². The van der Waals surface area contributed by atoms with Crippen molar-refractivity contribution in [2.24, 2.45) is 0 Å². The van der Waals surface area contributed by atoms with Gasteiger partial charge in [-0.25, -0.2) is 15.0 Å². The van der Waals surface area contributed by atoms with Crippen LogP contribution in [0, 0.1) is 0 Å². The Hall–Kier alpha value is -4.83. The molecule has 212 valence electrons. The van der Waals surface area contributed by atoms with E-state index in [1.54, 1.807) is 0 Å². The molecule has 2 aromatic heterocycles. The third-order valence-corrected chi connectivity index (χ3v) is 8.25. The van der Waals surface area contributed by atoms with E-state index < -0.39 is 0 Å². The average Bonchev–Trinajstić information content (AvgIpc) is 3.38. The van der Waals surface area contributed by atoms with E-state index in [1.807, 2.05) is 30.3 Å². The second-order valence-corrected chi connectivity index (χ2v) is 13.4. The van der Waals surface area contributed by atoms with Crippen LogP contribution in [0.25, 0.3) is 66.9 Å². The van der Waals surface area contributed by atoms with Crippen LogP contribution < -0.4 is 0 Å². The van der Waals surface area contributed by atoms with Gasteiger partial charge in [0.15, 0.2) is 17.5 Å². The number of hydrogen-bond acceptors (Lipinski definition) is 4. The molecule has 7 aromatic rings. The molecule has 0 bridgehead atoms. The first-order chi connectivity index (χ1) is 20.5. The van der Waals surface area contributed by atoms with Crippen LogP contribution in [-0.4, -0.2) is 15.0 Å². The Morgan fingerprint density at radius 2 is 1.07 bits per heavy atom. The highest BCUT2D eigenvalue weighted by Crippen LogP contribution is 2.37. The van der Waals surface area contributed by atoms with E-state index in [-0.39, 0.29) is 10.8 Å². The van der Waals surface area contributed by atoms with Gasteiger partial charge >= 0.3 is 0 Å². The van der Waals surface area contributed by atoms with E-state index in [1.165, 1.54) is 16.5 Å².